The molecule has 1 aromatic heterocycles. The van der Waals surface area contributed by atoms with Crippen LogP contribution in [0.4, 0.5) is 13.2 Å². The van der Waals surface area contributed by atoms with Crippen LogP contribution in [0.1, 0.15) is 16.1 Å². The van der Waals surface area contributed by atoms with Gasteiger partial charge in [0.2, 0.25) is 5.91 Å². The molecule has 0 aliphatic heterocycles. The van der Waals surface area contributed by atoms with Crippen LogP contribution in [0, 0.1) is 0 Å². The number of hydrogen-bond acceptors (Lipinski definition) is 4. The Morgan fingerprint density at radius 1 is 1.08 bits per heavy atom. The molecule has 0 saturated heterocycles. The van der Waals surface area contributed by atoms with E-state index < -0.39 is 5.51 Å². The van der Waals surface area contributed by atoms with E-state index in [2.05, 4.69) is 10.6 Å². The normalized spacial score (nSPS) is 11.5. The van der Waals surface area contributed by atoms with Crippen molar-refractivity contribution in [2.24, 2.45) is 0 Å². The Morgan fingerprint density at radius 3 is 2.38 bits per heavy atom. The van der Waals surface area contributed by atoms with Crippen LogP contribution in [-0.4, -0.2) is 30.4 Å². The number of hydrogen-bond donors (Lipinski definition) is 2. The number of nitrogens with one attached hydrogen (secondary N) is 2. The van der Waals surface area contributed by atoms with Crippen molar-refractivity contribution in [3.05, 3.63) is 60.1 Å². The first-order valence-electron chi connectivity index (χ1n) is 7.47. The van der Waals surface area contributed by atoms with Crippen LogP contribution in [0.2, 0.25) is 0 Å². The second-order valence-electron chi connectivity index (χ2n) is 4.97. The molecular formula is C17H15F3N2O3S. The van der Waals surface area contributed by atoms with Crippen molar-refractivity contribution in [1.82, 2.24) is 10.6 Å². The number of carbonyl (C=O) groups is 2. The molecule has 2 rings (SSSR count). The lowest BCUT2D eigenvalue weighted by molar-refractivity contribution is -0.116. The molecule has 5 nitrogen and oxygen atoms in total. The summed E-state index contributed by atoms with van der Waals surface area (Å²) in [6, 6.07) is 8.76. The molecule has 0 saturated carbocycles. The lowest BCUT2D eigenvalue weighted by Crippen LogP contribution is -2.33. The highest BCUT2D eigenvalue weighted by molar-refractivity contribution is 8.00. The molecule has 0 unspecified atom stereocenters. The zero-order chi connectivity index (χ0) is 19.0. The molecule has 0 aliphatic rings. The Labute approximate surface area is 151 Å². The second kappa shape index (κ2) is 9.14. The van der Waals surface area contributed by atoms with Crippen molar-refractivity contribution in [2.45, 2.75) is 10.4 Å². The van der Waals surface area contributed by atoms with E-state index in [0.29, 0.717) is 5.56 Å². The van der Waals surface area contributed by atoms with Gasteiger partial charge in [-0.15, -0.1) is 0 Å². The first kappa shape index (κ1) is 19.6. The summed E-state index contributed by atoms with van der Waals surface area (Å²) in [4.78, 5) is 23.3. The fourth-order valence-corrected chi connectivity index (χ4v) is 2.41. The van der Waals surface area contributed by atoms with E-state index in [0.717, 1.165) is 0 Å². The van der Waals surface area contributed by atoms with Gasteiger partial charge in [0.1, 0.15) is 0 Å². The van der Waals surface area contributed by atoms with Crippen LogP contribution < -0.4 is 10.6 Å². The van der Waals surface area contributed by atoms with Crippen LogP contribution in [0.25, 0.3) is 6.08 Å². The highest BCUT2D eigenvalue weighted by Gasteiger charge is 2.28. The predicted octanol–water partition coefficient (Wildman–Crippen LogP) is 3.45. The summed E-state index contributed by atoms with van der Waals surface area (Å²) in [6.07, 6.45) is 4.13. The lowest BCUT2D eigenvalue weighted by Gasteiger charge is -2.05. The third-order valence-corrected chi connectivity index (χ3v) is 3.73. The predicted molar refractivity (Wildman–Crippen MR) is 91.4 cm³/mol. The first-order chi connectivity index (χ1) is 12.3. The van der Waals surface area contributed by atoms with Gasteiger partial charge in [0.25, 0.3) is 5.91 Å². The van der Waals surface area contributed by atoms with Crippen LogP contribution >= 0.6 is 11.8 Å². The summed E-state index contributed by atoms with van der Waals surface area (Å²) in [5.41, 5.74) is -3.73. The van der Waals surface area contributed by atoms with Crippen LogP contribution in [0.5, 0.6) is 0 Å². The number of thioether (sulfide) groups is 1. The van der Waals surface area contributed by atoms with Crippen molar-refractivity contribution >= 4 is 29.7 Å². The van der Waals surface area contributed by atoms with Gasteiger partial charge < -0.3 is 15.1 Å². The van der Waals surface area contributed by atoms with Gasteiger partial charge in [0.15, 0.2) is 5.76 Å². The van der Waals surface area contributed by atoms with Gasteiger partial charge in [0, 0.05) is 24.1 Å². The highest BCUT2D eigenvalue weighted by atomic mass is 32.2. The molecule has 9 heteroatoms. The molecule has 26 heavy (non-hydrogen) atoms. The molecule has 2 amide bonds. The smallest absolute Gasteiger partial charge is 0.446 e. The Bertz CT molecular complexity index is 757. The monoisotopic (exact) mass is 384 g/mol. The van der Waals surface area contributed by atoms with Crippen LogP contribution in [0.15, 0.2) is 58.1 Å². The summed E-state index contributed by atoms with van der Waals surface area (Å²) in [7, 11) is 0. The van der Waals surface area contributed by atoms with Crippen molar-refractivity contribution < 1.29 is 27.2 Å². The molecule has 0 aliphatic carbocycles. The average Bonchev–Trinajstić information content (AvgIpc) is 3.11. The van der Waals surface area contributed by atoms with Gasteiger partial charge in [-0.1, -0.05) is 12.1 Å². The fourth-order valence-electron chi connectivity index (χ4n) is 1.87. The van der Waals surface area contributed by atoms with E-state index >= 15 is 0 Å². The highest BCUT2D eigenvalue weighted by Crippen LogP contribution is 2.36. The minimum Gasteiger partial charge on any atom is -0.459 e. The topological polar surface area (TPSA) is 71.3 Å². The Hall–Kier alpha value is -2.68. The van der Waals surface area contributed by atoms with Crippen LogP contribution in [-0.2, 0) is 4.79 Å². The molecule has 2 N–H and O–H groups in total. The molecule has 0 fully saturated rings. The van der Waals surface area contributed by atoms with Gasteiger partial charge in [-0.3, -0.25) is 9.59 Å². The fraction of sp³-hybridized carbons (Fsp3) is 0.176. The van der Waals surface area contributed by atoms with Crippen molar-refractivity contribution in [1.29, 1.82) is 0 Å². The summed E-state index contributed by atoms with van der Waals surface area (Å²) >= 11 is -0.196. The van der Waals surface area contributed by atoms with Gasteiger partial charge in [0.05, 0.1) is 6.26 Å². The summed E-state index contributed by atoms with van der Waals surface area (Å²) in [5, 5.41) is 5.15. The number of rotatable bonds is 7. The van der Waals surface area contributed by atoms with E-state index in [1.807, 2.05) is 0 Å². The summed E-state index contributed by atoms with van der Waals surface area (Å²) < 4.78 is 41.6. The van der Waals surface area contributed by atoms with Gasteiger partial charge in [-0.25, -0.2) is 0 Å². The Balaban J connectivity index is 1.71. The van der Waals surface area contributed by atoms with Gasteiger partial charge in [-0.05, 0) is 47.7 Å². The number of amides is 2. The zero-order valence-electron chi connectivity index (χ0n) is 13.4. The summed E-state index contributed by atoms with van der Waals surface area (Å²) in [6.45, 7) is 0.444. The van der Waals surface area contributed by atoms with E-state index in [1.54, 1.807) is 6.07 Å². The molecular weight excluding hydrogens is 369 g/mol. The Morgan fingerprint density at radius 2 is 1.77 bits per heavy atom. The third kappa shape index (κ3) is 7.06. The zero-order valence-corrected chi connectivity index (χ0v) is 14.2. The molecule has 0 bridgehead atoms. The van der Waals surface area contributed by atoms with Gasteiger partial charge >= 0.3 is 5.51 Å². The number of carbonyl (C=O) groups excluding carboxylic acids is 2. The number of furan rings is 1. The Kier molecular flexibility index (Phi) is 6.90. The molecule has 0 atom stereocenters. The SMILES string of the molecule is O=C(/C=C/c1ccc(SC(F)(F)F)cc1)NCCNC(=O)c1ccco1. The quantitative estimate of drug-likeness (QED) is 0.436. The maximum absolute atomic E-state index is 12.2. The standard InChI is InChI=1S/C17H15F3N2O3S/c18-17(19,20)26-13-6-3-12(4-7-13)5-8-15(23)21-9-10-22-16(24)14-2-1-11-25-14/h1-8,11H,9-10H2,(H,21,23)(H,22,24)/b8-5+. The lowest BCUT2D eigenvalue weighted by atomic mass is 10.2. The van der Waals surface area contributed by atoms with Crippen molar-refractivity contribution in [3.63, 3.8) is 0 Å². The van der Waals surface area contributed by atoms with E-state index in [4.69, 9.17) is 4.42 Å². The molecule has 0 radical (unpaired) electrons. The van der Waals surface area contributed by atoms with E-state index in [-0.39, 0.29) is 47.3 Å². The largest absolute Gasteiger partial charge is 0.459 e. The number of alkyl halides is 3. The van der Waals surface area contributed by atoms with Gasteiger partial charge in [-0.2, -0.15) is 13.2 Å². The first-order valence-corrected chi connectivity index (χ1v) is 8.28. The van der Waals surface area contributed by atoms with Crippen molar-refractivity contribution in [2.75, 3.05) is 13.1 Å². The number of halogens is 3. The maximum atomic E-state index is 12.2. The maximum Gasteiger partial charge on any atom is 0.446 e. The molecule has 1 heterocycles. The number of benzene rings is 1. The van der Waals surface area contributed by atoms with E-state index in [9.17, 15) is 22.8 Å². The molecule has 2 aromatic rings. The molecule has 138 valence electrons. The minimum atomic E-state index is -4.33. The molecule has 1 aromatic carbocycles. The van der Waals surface area contributed by atoms with E-state index in [1.165, 1.54) is 48.7 Å². The minimum absolute atomic E-state index is 0.0754. The van der Waals surface area contributed by atoms with Crippen LogP contribution in [0.3, 0.4) is 0 Å². The summed E-state index contributed by atoms with van der Waals surface area (Å²) in [5.74, 6) is -0.578. The average molecular weight is 384 g/mol. The second-order valence-corrected chi connectivity index (χ2v) is 6.11. The molecule has 0 spiro atoms. The van der Waals surface area contributed by atoms with Crippen molar-refractivity contribution in [3.8, 4) is 0 Å². The third-order valence-electron chi connectivity index (χ3n) is 3.00.